The first-order chi connectivity index (χ1) is 14.2. The van der Waals surface area contributed by atoms with Gasteiger partial charge in [-0.1, -0.05) is 0 Å². The molecule has 0 atom stereocenters. The highest BCUT2D eigenvalue weighted by Gasteiger charge is 2.32. The first kappa shape index (κ1) is 17.8. The smallest absolute Gasteiger partial charge is 0.232 e. The molecular weight excluding hydrogens is 370 g/mol. The number of nitrogens with zero attached hydrogens (tertiary/aromatic N) is 3. The molecule has 148 valence electrons. The van der Waals surface area contributed by atoms with E-state index in [9.17, 15) is 4.79 Å². The number of rotatable bonds is 4. The van der Waals surface area contributed by atoms with Crippen LogP contribution in [-0.4, -0.2) is 59.2 Å². The number of hydrogen-bond donors (Lipinski definition) is 2. The van der Waals surface area contributed by atoms with Crippen molar-refractivity contribution >= 4 is 22.9 Å². The number of ketones is 1. The molecule has 29 heavy (non-hydrogen) atoms. The highest BCUT2D eigenvalue weighted by Crippen LogP contribution is 2.40. The number of methoxy groups -OCH3 is 1. The lowest BCUT2D eigenvalue weighted by Gasteiger charge is -2.28. The molecule has 2 aliphatic rings. The van der Waals surface area contributed by atoms with Gasteiger partial charge in [-0.2, -0.15) is 5.10 Å². The molecule has 2 aromatic heterocycles. The molecular formula is C21H21N5O3. The summed E-state index contributed by atoms with van der Waals surface area (Å²) in [6, 6.07) is 7.35. The molecule has 2 N–H and O–H groups in total. The first-order valence-corrected chi connectivity index (χ1v) is 9.61. The number of Topliss-reactive ketones (excluding diaryl/α,β-unsaturated/α-hetero) is 1. The summed E-state index contributed by atoms with van der Waals surface area (Å²) in [6.45, 7) is 4.44. The van der Waals surface area contributed by atoms with Gasteiger partial charge in [0.1, 0.15) is 11.5 Å². The van der Waals surface area contributed by atoms with Crippen LogP contribution < -0.4 is 14.8 Å². The summed E-state index contributed by atoms with van der Waals surface area (Å²) in [5.41, 5.74) is 2.75. The number of hydrogen-bond acceptors (Lipinski definition) is 7. The van der Waals surface area contributed by atoms with Crippen molar-refractivity contribution in [3.63, 3.8) is 0 Å². The van der Waals surface area contributed by atoms with Crippen molar-refractivity contribution in [3.05, 3.63) is 53.0 Å². The lowest BCUT2D eigenvalue weighted by atomic mass is 10.0. The quantitative estimate of drug-likeness (QED) is 0.657. The topological polar surface area (TPSA) is 92.4 Å². The second-order valence-corrected chi connectivity index (χ2v) is 7.10. The Kier molecular flexibility index (Phi) is 4.49. The molecule has 1 saturated heterocycles. The number of aromatic nitrogens is 3. The normalized spacial score (nSPS) is 18.2. The molecule has 5 rings (SSSR count). The van der Waals surface area contributed by atoms with E-state index in [2.05, 4.69) is 25.4 Å². The number of nitrogens with one attached hydrogen (secondary N) is 2. The van der Waals surface area contributed by atoms with Gasteiger partial charge >= 0.3 is 0 Å². The summed E-state index contributed by atoms with van der Waals surface area (Å²) in [5, 5.41) is 11.3. The fourth-order valence-electron chi connectivity index (χ4n) is 3.83. The minimum Gasteiger partial charge on any atom is -0.496 e. The monoisotopic (exact) mass is 391 g/mol. The number of aromatic amines is 1. The second kappa shape index (κ2) is 7.31. The number of allylic oxidation sites excluding steroid dienone is 1. The maximum absolute atomic E-state index is 13.0. The number of carbonyl (C=O) groups is 1. The molecule has 1 aromatic carbocycles. The molecule has 3 aromatic rings. The maximum atomic E-state index is 13.0. The molecule has 0 unspecified atom stereocenters. The minimum atomic E-state index is -0.149. The number of fused-ring (bicyclic) bond motifs is 2. The number of ether oxygens (including phenoxy) is 2. The van der Waals surface area contributed by atoms with Gasteiger partial charge in [-0.3, -0.25) is 14.8 Å². The Balaban J connectivity index is 1.52. The van der Waals surface area contributed by atoms with Crippen LogP contribution in [0.2, 0.25) is 0 Å². The van der Waals surface area contributed by atoms with Crippen LogP contribution in [0.1, 0.15) is 21.6 Å². The van der Waals surface area contributed by atoms with Crippen LogP contribution in [0.25, 0.3) is 17.1 Å². The zero-order valence-corrected chi connectivity index (χ0v) is 16.1. The maximum Gasteiger partial charge on any atom is 0.232 e. The van der Waals surface area contributed by atoms with E-state index < -0.39 is 0 Å². The number of piperazine rings is 1. The third-order valence-corrected chi connectivity index (χ3v) is 5.34. The van der Waals surface area contributed by atoms with Crippen molar-refractivity contribution in [1.82, 2.24) is 25.4 Å². The largest absolute Gasteiger partial charge is 0.496 e. The number of carbonyl (C=O) groups excluding carboxylic acids is 1. The van der Waals surface area contributed by atoms with Crippen molar-refractivity contribution in [3.8, 4) is 11.5 Å². The Hall–Kier alpha value is -3.23. The van der Waals surface area contributed by atoms with Crippen molar-refractivity contribution in [2.45, 2.75) is 6.54 Å². The van der Waals surface area contributed by atoms with E-state index in [-0.39, 0.29) is 11.5 Å². The van der Waals surface area contributed by atoms with Crippen LogP contribution in [-0.2, 0) is 6.54 Å². The second-order valence-electron chi connectivity index (χ2n) is 7.10. The van der Waals surface area contributed by atoms with Crippen LogP contribution in [0.15, 0.2) is 36.2 Å². The zero-order chi connectivity index (χ0) is 19.8. The van der Waals surface area contributed by atoms with Gasteiger partial charge in [0.2, 0.25) is 5.78 Å². The van der Waals surface area contributed by atoms with Gasteiger partial charge in [-0.05, 0) is 24.3 Å². The van der Waals surface area contributed by atoms with Gasteiger partial charge in [-0.15, -0.1) is 0 Å². The SMILES string of the molecule is COc1ccc2c(c1CN1CCNCC1)OC(=Cc1n[nH]c3ncccc13)C2=O. The van der Waals surface area contributed by atoms with E-state index in [0.717, 1.165) is 42.9 Å². The highest BCUT2D eigenvalue weighted by atomic mass is 16.5. The fourth-order valence-corrected chi connectivity index (χ4v) is 3.83. The van der Waals surface area contributed by atoms with Crippen LogP contribution in [0.5, 0.6) is 11.5 Å². The molecule has 8 heteroatoms. The molecule has 0 saturated carbocycles. The molecule has 8 nitrogen and oxygen atoms in total. The van der Waals surface area contributed by atoms with Gasteiger partial charge in [-0.25, -0.2) is 4.98 Å². The highest BCUT2D eigenvalue weighted by molar-refractivity contribution is 6.15. The molecule has 0 aliphatic carbocycles. The Bertz CT molecular complexity index is 1110. The molecule has 0 amide bonds. The fraction of sp³-hybridized carbons (Fsp3) is 0.286. The lowest BCUT2D eigenvalue weighted by molar-refractivity contribution is 0.101. The van der Waals surface area contributed by atoms with Crippen LogP contribution in [0, 0.1) is 0 Å². The van der Waals surface area contributed by atoms with Crippen LogP contribution >= 0.6 is 0 Å². The molecule has 0 spiro atoms. The third kappa shape index (κ3) is 3.16. The summed E-state index contributed by atoms with van der Waals surface area (Å²) < 4.78 is 11.6. The van der Waals surface area contributed by atoms with Crippen LogP contribution in [0.4, 0.5) is 0 Å². The Morgan fingerprint density at radius 1 is 1.28 bits per heavy atom. The molecule has 0 bridgehead atoms. The van der Waals surface area contributed by atoms with Crippen molar-refractivity contribution < 1.29 is 14.3 Å². The van der Waals surface area contributed by atoms with E-state index in [1.54, 1.807) is 25.4 Å². The number of benzene rings is 1. The van der Waals surface area contributed by atoms with Gasteiger partial charge in [0.25, 0.3) is 0 Å². The van der Waals surface area contributed by atoms with Crippen molar-refractivity contribution in [2.75, 3.05) is 33.3 Å². The lowest BCUT2D eigenvalue weighted by Crippen LogP contribution is -2.43. The molecule has 4 heterocycles. The Morgan fingerprint density at radius 3 is 2.97 bits per heavy atom. The summed E-state index contributed by atoms with van der Waals surface area (Å²) >= 11 is 0. The predicted molar refractivity (Wildman–Crippen MR) is 108 cm³/mol. The Labute approximate surface area is 167 Å². The Morgan fingerprint density at radius 2 is 2.14 bits per heavy atom. The average Bonchev–Trinajstić information content (AvgIpc) is 3.31. The molecule has 1 fully saturated rings. The van der Waals surface area contributed by atoms with E-state index >= 15 is 0 Å². The van der Waals surface area contributed by atoms with E-state index in [0.29, 0.717) is 29.2 Å². The number of pyridine rings is 1. The van der Waals surface area contributed by atoms with E-state index in [1.165, 1.54) is 0 Å². The van der Waals surface area contributed by atoms with Crippen LogP contribution in [0.3, 0.4) is 0 Å². The predicted octanol–water partition coefficient (Wildman–Crippen LogP) is 1.99. The molecule has 2 aliphatic heterocycles. The summed E-state index contributed by atoms with van der Waals surface area (Å²) in [6.07, 6.45) is 3.36. The summed E-state index contributed by atoms with van der Waals surface area (Å²) in [5.74, 6) is 1.42. The zero-order valence-electron chi connectivity index (χ0n) is 16.1. The van der Waals surface area contributed by atoms with Crippen molar-refractivity contribution in [2.24, 2.45) is 0 Å². The summed E-state index contributed by atoms with van der Waals surface area (Å²) in [4.78, 5) is 19.6. The van der Waals surface area contributed by atoms with Crippen molar-refractivity contribution in [1.29, 1.82) is 0 Å². The number of H-pyrrole nitrogens is 1. The van der Waals surface area contributed by atoms with E-state index in [1.807, 2.05) is 18.2 Å². The van der Waals surface area contributed by atoms with E-state index in [4.69, 9.17) is 9.47 Å². The van der Waals surface area contributed by atoms with Gasteiger partial charge in [0, 0.05) is 50.4 Å². The molecule has 0 radical (unpaired) electrons. The van der Waals surface area contributed by atoms with Gasteiger partial charge < -0.3 is 14.8 Å². The van der Waals surface area contributed by atoms with Gasteiger partial charge in [0.05, 0.1) is 23.9 Å². The van der Waals surface area contributed by atoms with Gasteiger partial charge in [0.15, 0.2) is 11.4 Å². The average molecular weight is 391 g/mol. The standard InChI is InChI=1S/C21H21N5O3/c1-28-17-5-4-14-19(27)18(11-16-13-3-2-6-23-21(13)25-24-16)29-20(14)15(17)12-26-9-7-22-8-10-26/h2-6,11,22H,7-10,12H2,1H3,(H,23,24,25). The summed E-state index contributed by atoms with van der Waals surface area (Å²) in [7, 11) is 1.64. The minimum absolute atomic E-state index is 0.149. The first-order valence-electron chi connectivity index (χ1n) is 9.61. The third-order valence-electron chi connectivity index (χ3n) is 5.34.